The van der Waals surface area contributed by atoms with E-state index in [2.05, 4.69) is 0 Å². The summed E-state index contributed by atoms with van der Waals surface area (Å²) in [5.41, 5.74) is 0.977. The highest BCUT2D eigenvalue weighted by Crippen LogP contribution is 2.49. The van der Waals surface area contributed by atoms with Crippen LogP contribution in [0.4, 0.5) is 0 Å². The molecule has 2 aliphatic rings. The molecule has 2 atom stereocenters. The molecule has 1 aliphatic carbocycles. The lowest BCUT2D eigenvalue weighted by molar-refractivity contribution is -0.148. The third kappa shape index (κ3) is 3.85. The first-order valence-electron chi connectivity index (χ1n) is 8.02. The molecule has 0 unspecified atom stereocenters. The molecule has 1 aromatic rings. The van der Waals surface area contributed by atoms with Crippen molar-refractivity contribution in [2.24, 2.45) is 5.92 Å². The summed E-state index contributed by atoms with van der Waals surface area (Å²) in [4.78, 5) is 25.5. The molecule has 1 amide bonds. The van der Waals surface area contributed by atoms with Gasteiger partial charge in [0, 0.05) is 25.2 Å². The van der Waals surface area contributed by atoms with Crippen molar-refractivity contribution in [3.8, 4) is 0 Å². The lowest BCUT2D eigenvalue weighted by Gasteiger charge is -2.33. The minimum absolute atomic E-state index is 0.0580. The number of aliphatic carboxylic acids is 1. The van der Waals surface area contributed by atoms with E-state index in [-0.39, 0.29) is 30.3 Å². The van der Waals surface area contributed by atoms with E-state index in [0.29, 0.717) is 36.1 Å². The van der Waals surface area contributed by atoms with E-state index in [1.54, 1.807) is 12.1 Å². The summed E-state index contributed by atoms with van der Waals surface area (Å²) in [6.07, 6.45) is 2.09. The summed E-state index contributed by atoms with van der Waals surface area (Å²) in [5, 5.41) is 10.1. The number of ether oxygens (including phenoxy) is 1. The van der Waals surface area contributed by atoms with Crippen LogP contribution >= 0.6 is 23.2 Å². The predicted molar refractivity (Wildman–Crippen MR) is 90.5 cm³/mol. The zero-order valence-corrected chi connectivity index (χ0v) is 14.6. The first-order chi connectivity index (χ1) is 11.5. The van der Waals surface area contributed by atoms with Gasteiger partial charge in [0.1, 0.15) is 6.54 Å². The van der Waals surface area contributed by atoms with E-state index in [4.69, 9.17) is 33.0 Å². The molecule has 1 aliphatic heterocycles. The fourth-order valence-corrected chi connectivity index (χ4v) is 3.63. The van der Waals surface area contributed by atoms with E-state index >= 15 is 0 Å². The molecular weight excluding hydrogens is 353 g/mol. The molecule has 2 fully saturated rings. The highest BCUT2D eigenvalue weighted by molar-refractivity contribution is 6.42. The molecule has 1 saturated heterocycles. The fourth-order valence-electron chi connectivity index (χ4n) is 3.32. The fraction of sp³-hybridized carbons (Fsp3) is 0.529. The smallest absolute Gasteiger partial charge is 0.323 e. The highest BCUT2D eigenvalue weighted by atomic mass is 35.5. The van der Waals surface area contributed by atoms with Gasteiger partial charge in [-0.1, -0.05) is 29.3 Å². The second-order valence-corrected chi connectivity index (χ2v) is 7.14. The number of carboxylic acids is 1. The average Bonchev–Trinajstić information content (AvgIpc) is 3.36. The Morgan fingerprint density at radius 2 is 1.92 bits per heavy atom. The van der Waals surface area contributed by atoms with Crippen molar-refractivity contribution >= 4 is 35.1 Å². The molecule has 0 radical (unpaired) electrons. The number of carbonyl (C=O) groups is 2. The van der Waals surface area contributed by atoms with Crippen molar-refractivity contribution < 1.29 is 19.4 Å². The Kier molecular flexibility index (Phi) is 5.33. The van der Waals surface area contributed by atoms with Gasteiger partial charge < -0.3 is 14.7 Å². The van der Waals surface area contributed by atoms with E-state index in [1.807, 2.05) is 6.07 Å². The SMILES string of the molecule is O=C(O)CN(C(=O)[C@@H]1C[C@@H]1c1ccc(Cl)c(Cl)c1)C1CCOCC1. The molecule has 0 spiro atoms. The molecule has 130 valence electrons. The van der Waals surface area contributed by atoms with Crippen LogP contribution in [0.3, 0.4) is 0 Å². The minimum atomic E-state index is -0.985. The minimum Gasteiger partial charge on any atom is -0.480 e. The van der Waals surface area contributed by atoms with Gasteiger partial charge in [-0.05, 0) is 42.9 Å². The number of nitrogens with zero attached hydrogens (tertiary/aromatic N) is 1. The average molecular weight is 372 g/mol. The molecular formula is C17H19Cl2NO4. The maximum absolute atomic E-state index is 12.8. The van der Waals surface area contributed by atoms with Crippen molar-refractivity contribution in [3.05, 3.63) is 33.8 Å². The van der Waals surface area contributed by atoms with Crippen LogP contribution in [0.25, 0.3) is 0 Å². The summed E-state index contributed by atoms with van der Waals surface area (Å²) in [6, 6.07) is 5.34. The van der Waals surface area contributed by atoms with Gasteiger partial charge in [0.15, 0.2) is 0 Å². The zero-order chi connectivity index (χ0) is 17.3. The van der Waals surface area contributed by atoms with Gasteiger partial charge in [0.2, 0.25) is 5.91 Å². The van der Waals surface area contributed by atoms with E-state index in [1.165, 1.54) is 4.90 Å². The number of carbonyl (C=O) groups excluding carboxylic acids is 1. The van der Waals surface area contributed by atoms with Crippen LogP contribution < -0.4 is 0 Å². The summed E-state index contributed by atoms with van der Waals surface area (Å²) in [7, 11) is 0. The largest absolute Gasteiger partial charge is 0.480 e. The van der Waals surface area contributed by atoms with Crippen LogP contribution in [0.15, 0.2) is 18.2 Å². The summed E-state index contributed by atoms with van der Waals surface area (Å²) in [6.45, 7) is 0.873. The van der Waals surface area contributed by atoms with Gasteiger partial charge in [-0.15, -0.1) is 0 Å². The Hall–Kier alpha value is -1.30. The summed E-state index contributed by atoms with van der Waals surface area (Å²) < 4.78 is 5.31. The predicted octanol–water partition coefficient (Wildman–Crippen LogP) is 3.19. The third-order valence-electron chi connectivity index (χ3n) is 4.70. The number of benzene rings is 1. The van der Waals surface area contributed by atoms with Crippen molar-refractivity contribution in [3.63, 3.8) is 0 Å². The Bertz CT molecular complexity index is 645. The van der Waals surface area contributed by atoms with Crippen molar-refractivity contribution in [1.29, 1.82) is 0 Å². The molecule has 1 saturated carbocycles. The second kappa shape index (κ2) is 7.30. The maximum atomic E-state index is 12.8. The summed E-state index contributed by atoms with van der Waals surface area (Å²) >= 11 is 12.0. The molecule has 24 heavy (non-hydrogen) atoms. The van der Waals surface area contributed by atoms with Gasteiger partial charge in [0.25, 0.3) is 0 Å². The Morgan fingerprint density at radius 1 is 1.21 bits per heavy atom. The lowest BCUT2D eigenvalue weighted by atomic mass is 10.0. The molecule has 1 heterocycles. The van der Waals surface area contributed by atoms with Gasteiger partial charge >= 0.3 is 5.97 Å². The van der Waals surface area contributed by atoms with E-state index in [9.17, 15) is 9.59 Å². The Labute approximate surface area is 150 Å². The van der Waals surface area contributed by atoms with Crippen LogP contribution in [-0.4, -0.2) is 47.7 Å². The topological polar surface area (TPSA) is 66.8 Å². The Morgan fingerprint density at radius 3 is 2.54 bits per heavy atom. The summed E-state index contributed by atoms with van der Waals surface area (Å²) in [5.74, 6) is -1.16. The quantitative estimate of drug-likeness (QED) is 0.862. The van der Waals surface area contributed by atoms with Crippen LogP contribution in [-0.2, 0) is 14.3 Å². The number of hydrogen-bond donors (Lipinski definition) is 1. The highest BCUT2D eigenvalue weighted by Gasteiger charge is 2.47. The van der Waals surface area contributed by atoms with Gasteiger partial charge in [-0.3, -0.25) is 9.59 Å². The third-order valence-corrected chi connectivity index (χ3v) is 5.44. The van der Waals surface area contributed by atoms with Crippen molar-refractivity contribution in [2.75, 3.05) is 19.8 Å². The number of rotatable bonds is 5. The van der Waals surface area contributed by atoms with Gasteiger partial charge in [-0.2, -0.15) is 0 Å². The monoisotopic (exact) mass is 371 g/mol. The molecule has 1 N–H and O–H groups in total. The normalized spacial score (nSPS) is 23.8. The van der Waals surface area contributed by atoms with Crippen LogP contribution in [0, 0.1) is 5.92 Å². The number of carboxylic acid groups (broad SMARTS) is 1. The van der Waals surface area contributed by atoms with Crippen LogP contribution in [0.1, 0.15) is 30.7 Å². The van der Waals surface area contributed by atoms with Crippen LogP contribution in [0.5, 0.6) is 0 Å². The van der Waals surface area contributed by atoms with Gasteiger partial charge in [-0.25, -0.2) is 0 Å². The first kappa shape index (κ1) is 17.5. The standard InChI is InChI=1S/C17H19Cl2NO4/c18-14-2-1-10(7-15(14)19)12-8-13(12)17(23)20(9-16(21)22)11-3-5-24-6-4-11/h1-2,7,11-13H,3-6,8-9H2,(H,21,22)/t12-,13-/m1/s1. The molecule has 0 aromatic heterocycles. The van der Waals surface area contributed by atoms with Crippen molar-refractivity contribution in [2.45, 2.75) is 31.2 Å². The molecule has 5 nitrogen and oxygen atoms in total. The first-order valence-corrected chi connectivity index (χ1v) is 8.78. The van der Waals surface area contributed by atoms with E-state index < -0.39 is 5.97 Å². The molecule has 3 rings (SSSR count). The maximum Gasteiger partial charge on any atom is 0.323 e. The zero-order valence-electron chi connectivity index (χ0n) is 13.1. The van der Waals surface area contributed by atoms with E-state index in [0.717, 1.165) is 12.0 Å². The number of amides is 1. The molecule has 7 heteroatoms. The molecule has 1 aromatic carbocycles. The van der Waals surface area contributed by atoms with Crippen LogP contribution in [0.2, 0.25) is 10.0 Å². The van der Waals surface area contributed by atoms with Gasteiger partial charge in [0.05, 0.1) is 10.0 Å². The number of halogens is 2. The molecule has 0 bridgehead atoms. The second-order valence-electron chi connectivity index (χ2n) is 6.33. The Balaban J connectivity index is 1.71. The van der Waals surface area contributed by atoms with Crippen molar-refractivity contribution in [1.82, 2.24) is 4.90 Å². The number of hydrogen-bond acceptors (Lipinski definition) is 3. The lowest BCUT2D eigenvalue weighted by Crippen LogP contribution is -2.46.